The quantitative estimate of drug-likeness (QED) is 0.697. The van der Waals surface area contributed by atoms with Crippen molar-refractivity contribution in [1.29, 1.82) is 0 Å². The Kier molecular flexibility index (Phi) is 5.47. The van der Waals surface area contributed by atoms with Gasteiger partial charge in [-0.05, 0) is 24.3 Å². The third-order valence-electron chi connectivity index (χ3n) is 3.99. The van der Waals surface area contributed by atoms with Gasteiger partial charge >= 0.3 is 0 Å². The van der Waals surface area contributed by atoms with Crippen LogP contribution in [-0.2, 0) is 16.0 Å². The van der Waals surface area contributed by atoms with Crippen LogP contribution < -0.4 is 21.2 Å². The standard InChI is InChI=1S/C17H18FN3O5/c18-11-1-3-12(4-2-11)26-14-5-6-25-9-13(14)19-15(22)7-10-8-16(23)20-21-17(10)24/h1-4,8,13-14H,5-7,9H2,(H,19,22)(H,20,23)(H,21,24)/t13-,14+/m1/s1. The van der Waals surface area contributed by atoms with E-state index >= 15 is 0 Å². The second-order valence-corrected chi connectivity index (χ2v) is 5.94. The van der Waals surface area contributed by atoms with Crippen molar-refractivity contribution in [2.45, 2.75) is 25.0 Å². The SMILES string of the molecule is O=C(Cc1cc(=O)[nH][nH]c1=O)N[C@@H]1COCC[C@@H]1Oc1ccc(F)cc1. The molecule has 1 aliphatic heterocycles. The van der Waals surface area contributed by atoms with Gasteiger partial charge in [0.15, 0.2) is 0 Å². The third kappa shape index (κ3) is 4.57. The molecule has 1 fully saturated rings. The van der Waals surface area contributed by atoms with Crippen LogP contribution in [0.25, 0.3) is 0 Å². The molecule has 0 spiro atoms. The Morgan fingerprint density at radius 1 is 1.27 bits per heavy atom. The molecule has 1 aliphatic rings. The fraction of sp³-hybridized carbons (Fsp3) is 0.353. The zero-order valence-corrected chi connectivity index (χ0v) is 13.8. The van der Waals surface area contributed by atoms with Crippen molar-refractivity contribution in [2.24, 2.45) is 0 Å². The summed E-state index contributed by atoms with van der Waals surface area (Å²) in [6, 6.07) is 6.27. The van der Waals surface area contributed by atoms with E-state index in [1.54, 1.807) is 0 Å². The molecule has 1 amide bonds. The van der Waals surface area contributed by atoms with Crippen LogP contribution >= 0.6 is 0 Å². The Balaban J connectivity index is 1.64. The Morgan fingerprint density at radius 2 is 2.04 bits per heavy atom. The van der Waals surface area contributed by atoms with E-state index in [0.717, 1.165) is 6.07 Å². The van der Waals surface area contributed by atoms with E-state index in [1.165, 1.54) is 24.3 Å². The lowest BCUT2D eigenvalue weighted by molar-refractivity contribution is -0.123. The van der Waals surface area contributed by atoms with Crippen LogP contribution in [0, 0.1) is 5.82 Å². The predicted octanol–water partition coefficient (Wildman–Crippen LogP) is 0.0975. The molecule has 1 saturated heterocycles. The molecule has 9 heteroatoms. The number of hydrogen-bond donors (Lipinski definition) is 3. The van der Waals surface area contributed by atoms with Crippen LogP contribution in [0.5, 0.6) is 5.75 Å². The van der Waals surface area contributed by atoms with E-state index in [-0.39, 0.29) is 30.5 Å². The Labute approximate surface area is 147 Å². The molecule has 3 rings (SSSR count). The highest BCUT2D eigenvalue weighted by Gasteiger charge is 2.29. The fourth-order valence-corrected chi connectivity index (χ4v) is 2.70. The summed E-state index contributed by atoms with van der Waals surface area (Å²) in [4.78, 5) is 35.2. The van der Waals surface area contributed by atoms with Gasteiger partial charge in [-0.3, -0.25) is 24.6 Å². The summed E-state index contributed by atoms with van der Waals surface area (Å²) in [6.07, 6.45) is -0.0388. The highest BCUT2D eigenvalue weighted by Crippen LogP contribution is 2.18. The van der Waals surface area contributed by atoms with Gasteiger partial charge in [0.2, 0.25) is 5.91 Å². The van der Waals surface area contributed by atoms with Gasteiger partial charge in [0.1, 0.15) is 17.7 Å². The number of nitrogens with one attached hydrogen (secondary N) is 3. The maximum absolute atomic E-state index is 13.0. The summed E-state index contributed by atoms with van der Waals surface area (Å²) in [5.74, 6) is -0.301. The smallest absolute Gasteiger partial charge is 0.266 e. The van der Waals surface area contributed by atoms with E-state index < -0.39 is 23.1 Å². The summed E-state index contributed by atoms with van der Waals surface area (Å²) in [7, 11) is 0. The maximum Gasteiger partial charge on any atom is 0.266 e. The highest BCUT2D eigenvalue weighted by molar-refractivity contribution is 5.78. The second kappa shape index (κ2) is 7.96. The first kappa shape index (κ1) is 17.9. The average molecular weight is 363 g/mol. The summed E-state index contributed by atoms with van der Waals surface area (Å²) in [6.45, 7) is 0.731. The minimum atomic E-state index is -0.529. The van der Waals surface area contributed by atoms with Gasteiger partial charge < -0.3 is 14.8 Å². The summed E-state index contributed by atoms with van der Waals surface area (Å²) in [5.41, 5.74) is -0.955. The minimum Gasteiger partial charge on any atom is -0.488 e. The Bertz CT molecular complexity index is 877. The summed E-state index contributed by atoms with van der Waals surface area (Å²) < 4.78 is 24.2. The van der Waals surface area contributed by atoms with Crippen LogP contribution in [0.1, 0.15) is 12.0 Å². The highest BCUT2D eigenvalue weighted by atomic mass is 19.1. The van der Waals surface area contributed by atoms with Gasteiger partial charge in [-0.15, -0.1) is 0 Å². The number of aromatic amines is 2. The lowest BCUT2D eigenvalue weighted by Crippen LogP contribution is -2.52. The van der Waals surface area contributed by atoms with Gasteiger partial charge in [-0.2, -0.15) is 0 Å². The van der Waals surface area contributed by atoms with E-state index in [1.807, 2.05) is 0 Å². The van der Waals surface area contributed by atoms with E-state index in [9.17, 15) is 18.8 Å². The topological polar surface area (TPSA) is 113 Å². The zero-order valence-electron chi connectivity index (χ0n) is 13.8. The van der Waals surface area contributed by atoms with Gasteiger partial charge in [-0.25, -0.2) is 4.39 Å². The average Bonchev–Trinajstić information content (AvgIpc) is 2.62. The number of halogens is 1. The molecule has 2 atom stereocenters. The number of hydrogen-bond acceptors (Lipinski definition) is 5. The van der Waals surface area contributed by atoms with E-state index in [0.29, 0.717) is 18.8 Å². The first-order chi connectivity index (χ1) is 12.5. The van der Waals surface area contributed by atoms with Gasteiger partial charge in [0, 0.05) is 18.1 Å². The Morgan fingerprint density at radius 3 is 2.81 bits per heavy atom. The van der Waals surface area contributed by atoms with Crippen molar-refractivity contribution in [3.63, 3.8) is 0 Å². The van der Waals surface area contributed by atoms with Gasteiger partial charge in [0.05, 0.1) is 25.7 Å². The first-order valence-electron chi connectivity index (χ1n) is 8.11. The van der Waals surface area contributed by atoms with Gasteiger partial charge in [0.25, 0.3) is 11.1 Å². The lowest BCUT2D eigenvalue weighted by atomic mass is 10.1. The van der Waals surface area contributed by atoms with Crippen LogP contribution in [0.4, 0.5) is 4.39 Å². The number of carbonyl (C=O) groups excluding carboxylic acids is 1. The molecule has 0 bridgehead atoms. The second-order valence-electron chi connectivity index (χ2n) is 5.94. The third-order valence-corrected chi connectivity index (χ3v) is 3.99. The van der Waals surface area contributed by atoms with Crippen molar-refractivity contribution in [2.75, 3.05) is 13.2 Å². The lowest BCUT2D eigenvalue weighted by Gasteiger charge is -2.32. The van der Waals surface area contributed by atoms with Crippen LogP contribution in [0.15, 0.2) is 39.9 Å². The molecule has 138 valence electrons. The molecule has 0 aliphatic carbocycles. The van der Waals surface area contributed by atoms with Gasteiger partial charge in [-0.1, -0.05) is 0 Å². The predicted molar refractivity (Wildman–Crippen MR) is 89.6 cm³/mol. The summed E-state index contributed by atoms with van der Waals surface area (Å²) >= 11 is 0. The zero-order chi connectivity index (χ0) is 18.5. The number of amides is 1. The largest absolute Gasteiger partial charge is 0.488 e. The number of aromatic nitrogens is 2. The Hall–Kier alpha value is -2.94. The maximum atomic E-state index is 13.0. The van der Waals surface area contributed by atoms with Crippen molar-refractivity contribution in [3.8, 4) is 5.75 Å². The van der Waals surface area contributed by atoms with Crippen molar-refractivity contribution in [3.05, 3.63) is 62.4 Å². The monoisotopic (exact) mass is 363 g/mol. The molecule has 1 aromatic carbocycles. The molecule has 26 heavy (non-hydrogen) atoms. The summed E-state index contributed by atoms with van der Waals surface area (Å²) in [5, 5.41) is 7.08. The van der Waals surface area contributed by atoms with E-state index in [2.05, 4.69) is 15.5 Å². The van der Waals surface area contributed by atoms with Crippen molar-refractivity contribution < 1.29 is 18.7 Å². The van der Waals surface area contributed by atoms with E-state index in [4.69, 9.17) is 9.47 Å². The molecule has 3 N–H and O–H groups in total. The minimum absolute atomic E-state index is 0.0685. The fourth-order valence-electron chi connectivity index (χ4n) is 2.70. The molecular formula is C17H18FN3O5. The molecular weight excluding hydrogens is 345 g/mol. The molecule has 0 saturated carbocycles. The molecule has 2 heterocycles. The first-order valence-corrected chi connectivity index (χ1v) is 8.11. The number of carbonyl (C=O) groups is 1. The molecule has 2 aromatic rings. The molecule has 0 unspecified atom stereocenters. The number of benzene rings is 1. The van der Waals surface area contributed by atoms with Crippen LogP contribution in [0.2, 0.25) is 0 Å². The van der Waals surface area contributed by atoms with Crippen LogP contribution in [-0.4, -0.2) is 41.5 Å². The normalized spacial score (nSPS) is 19.7. The molecule has 0 radical (unpaired) electrons. The number of rotatable bonds is 5. The van der Waals surface area contributed by atoms with Crippen molar-refractivity contribution >= 4 is 5.91 Å². The molecule has 1 aromatic heterocycles. The van der Waals surface area contributed by atoms with Crippen LogP contribution in [0.3, 0.4) is 0 Å². The molecule has 8 nitrogen and oxygen atoms in total. The number of H-pyrrole nitrogens is 2. The van der Waals surface area contributed by atoms with Crippen molar-refractivity contribution in [1.82, 2.24) is 15.5 Å². The number of ether oxygens (including phenoxy) is 2.